The van der Waals surface area contributed by atoms with Gasteiger partial charge in [-0.05, 0) is 13.8 Å². The summed E-state index contributed by atoms with van der Waals surface area (Å²) in [4.78, 5) is 33.2. The quantitative estimate of drug-likeness (QED) is 0.401. The van der Waals surface area contributed by atoms with Crippen molar-refractivity contribution in [3.8, 4) is 0 Å². The van der Waals surface area contributed by atoms with E-state index in [2.05, 4.69) is 10.1 Å². The Morgan fingerprint density at radius 1 is 1.35 bits per heavy atom. The second kappa shape index (κ2) is 8.14. The molecule has 2 N–H and O–H groups in total. The fraction of sp³-hybridized carbons (Fsp3) is 0.500. The zero-order chi connectivity index (χ0) is 13.3. The van der Waals surface area contributed by atoms with Crippen molar-refractivity contribution in [2.75, 3.05) is 13.7 Å². The molecule has 0 saturated heterocycles. The number of urea groups is 1. The van der Waals surface area contributed by atoms with Crippen molar-refractivity contribution in [2.45, 2.75) is 19.9 Å². The van der Waals surface area contributed by atoms with Gasteiger partial charge in [0.1, 0.15) is 6.04 Å². The number of ether oxygens (including phenoxy) is 2. The summed E-state index contributed by atoms with van der Waals surface area (Å²) in [5, 5.41) is 4.22. The summed E-state index contributed by atoms with van der Waals surface area (Å²) in [6.07, 6.45) is 2.23. The van der Waals surface area contributed by atoms with Crippen LogP contribution in [-0.2, 0) is 19.1 Å². The standard InChI is InChI=1S/C10H16N2O5/c1-4-17-6-5-8(13)12-10(15)11-7(2)9(14)16-3/h5-7H,4H2,1-3H3,(H2,11,12,13,15)/b6-5+. The zero-order valence-corrected chi connectivity index (χ0v) is 9.98. The molecule has 0 spiro atoms. The first-order valence-electron chi connectivity index (χ1n) is 4.98. The molecule has 0 fully saturated rings. The maximum absolute atomic E-state index is 11.2. The molecular weight excluding hydrogens is 228 g/mol. The van der Waals surface area contributed by atoms with Gasteiger partial charge in [-0.2, -0.15) is 0 Å². The second-order valence-electron chi connectivity index (χ2n) is 2.97. The van der Waals surface area contributed by atoms with E-state index in [4.69, 9.17) is 4.74 Å². The van der Waals surface area contributed by atoms with Crippen LogP contribution in [0.15, 0.2) is 12.3 Å². The summed E-state index contributed by atoms with van der Waals surface area (Å²) in [5.41, 5.74) is 0. The molecule has 0 bridgehead atoms. The van der Waals surface area contributed by atoms with Gasteiger partial charge in [-0.3, -0.25) is 10.1 Å². The summed E-state index contributed by atoms with van der Waals surface area (Å²) >= 11 is 0. The molecular formula is C10H16N2O5. The molecule has 0 aromatic heterocycles. The average molecular weight is 244 g/mol. The first-order chi connectivity index (χ1) is 8.01. The van der Waals surface area contributed by atoms with Crippen LogP contribution in [-0.4, -0.2) is 37.7 Å². The average Bonchev–Trinajstić information content (AvgIpc) is 2.27. The summed E-state index contributed by atoms with van der Waals surface area (Å²) < 4.78 is 9.17. The lowest BCUT2D eigenvalue weighted by Gasteiger charge is -2.10. The monoisotopic (exact) mass is 244 g/mol. The van der Waals surface area contributed by atoms with Gasteiger partial charge in [-0.1, -0.05) is 0 Å². The first-order valence-corrected chi connectivity index (χ1v) is 4.98. The van der Waals surface area contributed by atoms with Crippen LogP contribution in [0.5, 0.6) is 0 Å². The normalized spacial score (nSPS) is 11.7. The molecule has 0 radical (unpaired) electrons. The summed E-state index contributed by atoms with van der Waals surface area (Å²) in [6, 6.07) is -1.61. The Bertz CT molecular complexity index is 314. The topological polar surface area (TPSA) is 93.7 Å². The van der Waals surface area contributed by atoms with E-state index in [1.165, 1.54) is 20.3 Å². The highest BCUT2D eigenvalue weighted by atomic mass is 16.5. The first kappa shape index (κ1) is 14.9. The van der Waals surface area contributed by atoms with Crippen molar-refractivity contribution < 1.29 is 23.9 Å². The minimum absolute atomic E-state index is 0.426. The molecule has 17 heavy (non-hydrogen) atoms. The van der Waals surface area contributed by atoms with Gasteiger partial charge in [-0.25, -0.2) is 9.59 Å². The Kier molecular flexibility index (Phi) is 7.16. The van der Waals surface area contributed by atoms with Crippen LogP contribution < -0.4 is 10.6 Å². The van der Waals surface area contributed by atoms with Crippen molar-refractivity contribution >= 4 is 17.9 Å². The number of carbonyl (C=O) groups is 3. The maximum atomic E-state index is 11.2. The van der Waals surface area contributed by atoms with Crippen molar-refractivity contribution in [1.29, 1.82) is 0 Å². The molecule has 3 amide bonds. The fourth-order valence-electron chi connectivity index (χ4n) is 0.828. The van der Waals surface area contributed by atoms with Crippen molar-refractivity contribution in [1.82, 2.24) is 10.6 Å². The molecule has 0 saturated carbocycles. The van der Waals surface area contributed by atoms with Crippen LogP contribution in [0, 0.1) is 0 Å². The molecule has 0 aliphatic rings. The number of nitrogens with one attached hydrogen (secondary N) is 2. The van der Waals surface area contributed by atoms with Gasteiger partial charge in [0.25, 0.3) is 5.91 Å². The third-order valence-corrected chi connectivity index (χ3v) is 1.62. The SMILES string of the molecule is CCO/C=C/C(=O)NC(=O)NC(C)C(=O)OC. The van der Waals surface area contributed by atoms with Crippen LogP contribution in [0.3, 0.4) is 0 Å². The molecule has 96 valence electrons. The van der Waals surface area contributed by atoms with Gasteiger partial charge in [0.2, 0.25) is 0 Å². The summed E-state index contributed by atoms with van der Waals surface area (Å²) in [7, 11) is 1.20. The largest absolute Gasteiger partial charge is 0.501 e. The molecule has 7 nitrogen and oxygen atoms in total. The van der Waals surface area contributed by atoms with E-state index in [0.29, 0.717) is 6.61 Å². The minimum atomic E-state index is -0.830. The number of carbonyl (C=O) groups excluding carboxylic acids is 3. The molecule has 0 rings (SSSR count). The smallest absolute Gasteiger partial charge is 0.328 e. The molecule has 1 unspecified atom stereocenters. The van der Waals surface area contributed by atoms with Crippen molar-refractivity contribution in [3.05, 3.63) is 12.3 Å². The minimum Gasteiger partial charge on any atom is -0.501 e. The Hall–Kier alpha value is -2.05. The number of hydrogen-bond donors (Lipinski definition) is 2. The highest BCUT2D eigenvalue weighted by Crippen LogP contribution is 1.85. The summed E-state index contributed by atoms with van der Waals surface area (Å²) in [5.74, 6) is -1.24. The number of amides is 3. The second-order valence-corrected chi connectivity index (χ2v) is 2.97. The molecule has 0 aliphatic heterocycles. The predicted molar refractivity (Wildman–Crippen MR) is 58.9 cm³/mol. The third kappa shape index (κ3) is 6.93. The van der Waals surface area contributed by atoms with E-state index in [-0.39, 0.29) is 0 Å². The number of methoxy groups -OCH3 is 1. The predicted octanol–water partition coefficient (Wildman–Crippen LogP) is -0.0761. The fourth-order valence-corrected chi connectivity index (χ4v) is 0.828. The molecule has 7 heteroatoms. The molecule has 1 atom stereocenters. The van der Waals surface area contributed by atoms with Gasteiger partial charge in [0.05, 0.1) is 20.0 Å². The number of hydrogen-bond acceptors (Lipinski definition) is 5. The van der Waals surface area contributed by atoms with Gasteiger partial charge < -0.3 is 14.8 Å². The molecule has 0 heterocycles. The summed E-state index contributed by atoms with van der Waals surface area (Å²) in [6.45, 7) is 3.62. The lowest BCUT2D eigenvalue weighted by atomic mass is 10.3. The van der Waals surface area contributed by atoms with Gasteiger partial charge in [-0.15, -0.1) is 0 Å². The van der Waals surface area contributed by atoms with Crippen LogP contribution in [0.25, 0.3) is 0 Å². The Morgan fingerprint density at radius 2 is 2.00 bits per heavy atom. The van der Waals surface area contributed by atoms with E-state index in [1.807, 2.05) is 5.32 Å². The van der Waals surface area contributed by atoms with Crippen molar-refractivity contribution in [3.63, 3.8) is 0 Å². The Labute approximate surface area is 99.1 Å². The highest BCUT2D eigenvalue weighted by Gasteiger charge is 2.16. The van der Waals surface area contributed by atoms with Crippen LogP contribution in [0.1, 0.15) is 13.8 Å². The zero-order valence-electron chi connectivity index (χ0n) is 9.98. The third-order valence-electron chi connectivity index (χ3n) is 1.62. The van der Waals surface area contributed by atoms with Crippen molar-refractivity contribution in [2.24, 2.45) is 0 Å². The lowest BCUT2D eigenvalue weighted by Crippen LogP contribution is -2.46. The number of rotatable bonds is 5. The number of imide groups is 1. The molecule has 0 aliphatic carbocycles. The van der Waals surface area contributed by atoms with E-state index in [0.717, 1.165) is 6.08 Å². The van der Waals surface area contributed by atoms with E-state index in [9.17, 15) is 14.4 Å². The van der Waals surface area contributed by atoms with Crippen LogP contribution in [0.4, 0.5) is 4.79 Å². The lowest BCUT2D eigenvalue weighted by molar-refractivity contribution is -0.142. The Morgan fingerprint density at radius 3 is 2.53 bits per heavy atom. The van der Waals surface area contributed by atoms with Gasteiger partial charge in [0, 0.05) is 6.08 Å². The van der Waals surface area contributed by atoms with Crippen LogP contribution >= 0.6 is 0 Å². The van der Waals surface area contributed by atoms with E-state index < -0.39 is 23.9 Å². The van der Waals surface area contributed by atoms with E-state index in [1.54, 1.807) is 6.92 Å². The highest BCUT2D eigenvalue weighted by molar-refractivity contribution is 6.00. The molecule has 0 aromatic rings. The Balaban J connectivity index is 4.01. The maximum Gasteiger partial charge on any atom is 0.328 e. The number of esters is 1. The van der Waals surface area contributed by atoms with Crippen LogP contribution in [0.2, 0.25) is 0 Å². The van der Waals surface area contributed by atoms with E-state index >= 15 is 0 Å². The molecule has 0 aromatic carbocycles. The van der Waals surface area contributed by atoms with Gasteiger partial charge >= 0.3 is 12.0 Å². The van der Waals surface area contributed by atoms with Gasteiger partial charge in [0.15, 0.2) is 0 Å².